The Labute approximate surface area is 94.4 Å². The van der Waals surface area contributed by atoms with E-state index in [-0.39, 0.29) is 22.4 Å². The summed E-state index contributed by atoms with van der Waals surface area (Å²) in [5.74, 6) is -1.34. The van der Waals surface area contributed by atoms with Gasteiger partial charge in [0.2, 0.25) is 11.3 Å². The fourth-order valence-electron chi connectivity index (χ4n) is 1.51. The van der Waals surface area contributed by atoms with Crippen molar-refractivity contribution < 1.29 is 24.0 Å². The van der Waals surface area contributed by atoms with Crippen LogP contribution in [0.5, 0.6) is 5.75 Å². The number of furan rings is 1. The molecule has 0 unspecified atom stereocenters. The van der Waals surface area contributed by atoms with Gasteiger partial charge in [-0.25, -0.2) is 4.79 Å². The molecule has 2 aromatic rings. The van der Waals surface area contributed by atoms with E-state index in [0.717, 1.165) is 0 Å². The zero-order valence-electron chi connectivity index (χ0n) is 8.67. The zero-order valence-corrected chi connectivity index (χ0v) is 8.67. The van der Waals surface area contributed by atoms with Gasteiger partial charge in [-0.3, -0.25) is 10.1 Å². The molecule has 7 nitrogen and oxygen atoms in total. The Hall–Kier alpha value is -2.57. The van der Waals surface area contributed by atoms with E-state index in [2.05, 4.69) is 0 Å². The Morgan fingerprint density at radius 1 is 1.53 bits per heavy atom. The maximum Gasteiger partial charge on any atom is 0.371 e. The summed E-state index contributed by atoms with van der Waals surface area (Å²) in [4.78, 5) is 20.9. The molecule has 0 aliphatic heterocycles. The maximum absolute atomic E-state index is 10.8. The van der Waals surface area contributed by atoms with Crippen LogP contribution in [-0.4, -0.2) is 23.1 Å². The monoisotopic (exact) mass is 237 g/mol. The largest absolute Gasteiger partial charge is 0.496 e. The highest BCUT2D eigenvalue weighted by Gasteiger charge is 2.22. The number of nitrogens with zero attached hydrogens (tertiary/aromatic N) is 1. The van der Waals surface area contributed by atoms with Crippen molar-refractivity contribution in [3.05, 3.63) is 34.1 Å². The minimum absolute atomic E-state index is 0.105. The van der Waals surface area contributed by atoms with Gasteiger partial charge in [0.15, 0.2) is 0 Å². The highest BCUT2D eigenvalue weighted by molar-refractivity contribution is 5.97. The lowest BCUT2D eigenvalue weighted by Gasteiger charge is -1.99. The van der Waals surface area contributed by atoms with E-state index in [1.807, 2.05) is 0 Å². The predicted octanol–water partition coefficient (Wildman–Crippen LogP) is 2.05. The van der Waals surface area contributed by atoms with Crippen molar-refractivity contribution in [3.63, 3.8) is 0 Å². The number of hydrogen-bond acceptors (Lipinski definition) is 5. The lowest BCUT2D eigenvalue weighted by atomic mass is 10.2. The summed E-state index contributed by atoms with van der Waals surface area (Å²) in [6, 6.07) is 3.79. The number of non-ortho nitro benzene ring substituents is 1. The minimum atomic E-state index is -1.29. The van der Waals surface area contributed by atoms with Gasteiger partial charge in [0, 0.05) is 12.1 Å². The Bertz CT molecular complexity index is 615. The predicted molar refractivity (Wildman–Crippen MR) is 56.4 cm³/mol. The van der Waals surface area contributed by atoms with Crippen molar-refractivity contribution >= 4 is 22.6 Å². The van der Waals surface area contributed by atoms with E-state index < -0.39 is 10.9 Å². The molecule has 1 aromatic heterocycles. The van der Waals surface area contributed by atoms with Gasteiger partial charge in [-0.15, -0.1) is 0 Å². The number of hydrogen-bond donors (Lipinski definition) is 1. The van der Waals surface area contributed by atoms with Crippen LogP contribution in [0.1, 0.15) is 10.6 Å². The van der Waals surface area contributed by atoms with Crippen LogP contribution in [0.3, 0.4) is 0 Å². The zero-order chi connectivity index (χ0) is 12.6. The SMILES string of the molecule is COc1ccc([N+](=O)[O-])c2oc(C(=O)O)cc12. The summed E-state index contributed by atoms with van der Waals surface area (Å²) in [6.45, 7) is 0. The molecule has 0 saturated heterocycles. The lowest BCUT2D eigenvalue weighted by molar-refractivity contribution is -0.383. The Morgan fingerprint density at radius 3 is 2.76 bits per heavy atom. The Kier molecular flexibility index (Phi) is 2.43. The number of ether oxygens (including phenoxy) is 1. The fraction of sp³-hybridized carbons (Fsp3) is 0.100. The minimum Gasteiger partial charge on any atom is -0.496 e. The van der Waals surface area contributed by atoms with E-state index in [0.29, 0.717) is 5.75 Å². The van der Waals surface area contributed by atoms with Crippen molar-refractivity contribution in [2.24, 2.45) is 0 Å². The summed E-state index contributed by atoms with van der Waals surface area (Å²) < 4.78 is 9.92. The van der Waals surface area contributed by atoms with E-state index in [1.165, 1.54) is 25.3 Å². The molecule has 0 fully saturated rings. The maximum atomic E-state index is 10.8. The number of carboxylic acids is 1. The third kappa shape index (κ3) is 1.67. The smallest absolute Gasteiger partial charge is 0.371 e. The molecule has 2 rings (SSSR count). The first-order valence-corrected chi connectivity index (χ1v) is 4.53. The van der Waals surface area contributed by atoms with Gasteiger partial charge in [-0.05, 0) is 6.07 Å². The molecule has 0 bridgehead atoms. The molecule has 0 atom stereocenters. The molecule has 1 heterocycles. The number of fused-ring (bicyclic) bond motifs is 1. The molecule has 88 valence electrons. The molecule has 1 aromatic carbocycles. The summed E-state index contributed by atoms with van der Waals surface area (Å²) >= 11 is 0. The fourth-order valence-corrected chi connectivity index (χ4v) is 1.51. The molecule has 0 saturated carbocycles. The Balaban J connectivity index is 2.81. The molecule has 0 aliphatic carbocycles. The quantitative estimate of drug-likeness (QED) is 0.647. The molecule has 1 N–H and O–H groups in total. The molecule has 0 amide bonds. The normalized spacial score (nSPS) is 10.4. The summed E-state index contributed by atoms with van der Waals surface area (Å²) in [7, 11) is 1.38. The van der Waals surface area contributed by atoms with Crippen LogP contribution in [-0.2, 0) is 0 Å². The number of nitro benzene ring substituents is 1. The third-order valence-electron chi connectivity index (χ3n) is 2.25. The lowest BCUT2D eigenvalue weighted by Crippen LogP contribution is -1.91. The van der Waals surface area contributed by atoms with Crippen LogP contribution in [0.15, 0.2) is 22.6 Å². The highest BCUT2D eigenvalue weighted by Crippen LogP contribution is 2.35. The van der Waals surface area contributed by atoms with E-state index >= 15 is 0 Å². The van der Waals surface area contributed by atoms with E-state index in [1.54, 1.807) is 0 Å². The van der Waals surface area contributed by atoms with Crippen LogP contribution >= 0.6 is 0 Å². The second-order valence-electron chi connectivity index (χ2n) is 3.20. The molecule has 0 spiro atoms. The van der Waals surface area contributed by atoms with Crippen molar-refractivity contribution in [2.75, 3.05) is 7.11 Å². The molecule has 17 heavy (non-hydrogen) atoms. The molecular weight excluding hydrogens is 230 g/mol. The summed E-state index contributed by atoms with van der Waals surface area (Å²) in [6.07, 6.45) is 0. The number of aromatic carboxylic acids is 1. The highest BCUT2D eigenvalue weighted by atomic mass is 16.6. The molecule has 7 heteroatoms. The average Bonchev–Trinajstić information content (AvgIpc) is 2.71. The number of carboxylic acid groups (broad SMARTS) is 1. The van der Waals surface area contributed by atoms with Gasteiger partial charge in [0.25, 0.3) is 0 Å². The van der Waals surface area contributed by atoms with Crippen LogP contribution in [0.25, 0.3) is 11.0 Å². The van der Waals surface area contributed by atoms with Crippen LogP contribution in [0.2, 0.25) is 0 Å². The van der Waals surface area contributed by atoms with Gasteiger partial charge < -0.3 is 14.3 Å². The number of methoxy groups -OCH3 is 1. The first-order chi connectivity index (χ1) is 8.04. The summed E-state index contributed by atoms with van der Waals surface area (Å²) in [5, 5.41) is 19.8. The number of rotatable bonds is 3. The van der Waals surface area contributed by atoms with Gasteiger partial charge in [-0.2, -0.15) is 0 Å². The van der Waals surface area contributed by atoms with Gasteiger partial charge in [0.1, 0.15) is 5.75 Å². The number of benzene rings is 1. The molecule has 0 aliphatic rings. The first-order valence-electron chi connectivity index (χ1n) is 4.53. The average molecular weight is 237 g/mol. The van der Waals surface area contributed by atoms with Crippen molar-refractivity contribution in [1.29, 1.82) is 0 Å². The van der Waals surface area contributed by atoms with E-state index in [9.17, 15) is 14.9 Å². The number of carbonyl (C=O) groups is 1. The van der Waals surface area contributed by atoms with Gasteiger partial charge >= 0.3 is 11.7 Å². The Morgan fingerprint density at radius 2 is 2.24 bits per heavy atom. The summed E-state index contributed by atoms with van der Waals surface area (Å²) in [5.41, 5.74) is -0.403. The standard InChI is InChI=1S/C10H7NO6/c1-16-7-3-2-6(11(14)15)9-5(7)4-8(17-9)10(12)13/h2-4H,1H3,(H,12,13). The third-order valence-corrected chi connectivity index (χ3v) is 2.25. The second-order valence-corrected chi connectivity index (χ2v) is 3.20. The van der Waals surface area contributed by atoms with Crippen LogP contribution in [0, 0.1) is 10.1 Å². The van der Waals surface area contributed by atoms with Crippen LogP contribution < -0.4 is 4.74 Å². The first kappa shape index (κ1) is 10.9. The van der Waals surface area contributed by atoms with Gasteiger partial charge in [0.05, 0.1) is 17.4 Å². The molecular formula is C10H7NO6. The van der Waals surface area contributed by atoms with Crippen LogP contribution in [0.4, 0.5) is 5.69 Å². The number of nitro groups is 1. The van der Waals surface area contributed by atoms with E-state index in [4.69, 9.17) is 14.3 Å². The van der Waals surface area contributed by atoms with Crippen molar-refractivity contribution in [2.45, 2.75) is 0 Å². The van der Waals surface area contributed by atoms with Gasteiger partial charge in [-0.1, -0.05) is 0 Å². The topological polar surface area (TPSA) is 103 Å². The van der Waals surface area contributed by atoms with Crippen molar-refractivity contribution in [3.8, 4) is 5.75 Å². The molecule has 0 radical (unpaired) electrons. The van der Waals surface area contributed by atoms with Crippen molar-refractivity contribution in [1.82, 2.24) is 0 Å². The second kappa shape index (κ2) is 3.78.